The van der Waals surface area contributed by atoms with E-state index in [0.717, 1.165) is 58.3 Å². The van der Waals surface area contributed by atoms with Crippen molar-refractivity contribution >= 4 is 36.1 Å². The highest BCUT2D eigenvalue weighted by atomic mass is 32.1. The third-order valence-corrected chi connectivity index (χ3v) is 8.35. The number of hydrogen-bond acceptors (Lipinski definition) is 7. The van der Waals surface area contributed by atoms with Gasteiger partial charge in [0.25, 0.3) is 0 Å². The molecule has 0 radical (unpaired) electrons. The lowest BCUT2D eigenvalue weighted by Crippen LogP contribution is -2.34. The molecule has 6 nitrogen and oxygen atoms in total. The largest absolute Gasteiger partial charge is 0.357 e. The summed E-state index contributed by atoms with van der Waals surface area (Å²) in [4.78, 5) is 11.9. The van der Waals surface area contributed by atoms with Gasteiger partial charge in [-0.25, -0.2) is 9.37 Å². The van der Waals surface area contributed by atoms with Crippen molar-refractivity contribution < 1.29 is 4.39 Å². The number of piperidine rings is 1. The molecule has 41 heavy (non-hydrogen) atoms. The number of allylic oxidation sites excluding steroid dienone is 3. The molecule has 1 aliphatic carbocycles. The van der Waals surface area contributed by atoms with E-state index in [1.54, 1.807) is 18.3 Å². The molecule has 1 aromatic carbocycles. The molecule has 1 unspecified atom stereocenters. The SMILES string of the molecule is C=C(c1ccccn1)C1(Cc2ccc(N3CCCCC3)nc2)CC(C=N)=C(Nc2ccc(F)cc2)C=C1CCNS. The lowest BCUT2D eigenvalue weighted by atomic mass is 9.62. The Kier molecular flexibility index (Phi) is 9.31. The summed E-state index contributed by atoms with van der Waals surface area (Å²) < 4.78 is 16.6. The topological polar surface area (TPSA) is 76.9 Å². The quantitative estimate of drug-likeness (QED) is 0.148. The van der Waals surface area contributed by atoms with Crippen molar-refractivity contribution in [3.05, 3.63) is 114 Å². The first-order chi connectivity index (χ1) is 20.0. The molecule has 3 aromatic rings. The zero-order valence-corrected chi connectivity index (χ0v) is 24.1. The van der Waals surface area contributed by atoms with Crippen LogP contribution in [0.1, 0.15) is 43.4 Å². The second-order valence-corrected chi connectivity index (χ2v) is 11.1. The van der Waals surface area contributed by atoms with Gasteiger partial charge >= 0.3 is 0 Å². The van der Waals surface area contributed by atoms with Crippen molar-refractivity contribution in [1.82, 2.24) is 14.7 Å². The number of nitrogens with one attached hydrogen (secondary N) is 3. The minimum Gasteiger partial charge on any atom is -0.357 e. The second kappa shape index (κ2) is 13.3. The van der Waals surface area contributed by atoms with Crippen LogP contribution >= 0.6 is 12.8 Å². The maximum atomic E-state index is 13.6. The highest BCUT2D eigenvalue weighted by molar-refractivity contribution is 7.78. The van der Waals surface area contributed by atoms with Crippen LogP contribution in [0, 0.1) is 16.6 Å². The number of halogens is 1. The lowest BCUT2D eigenvalue weighted by Gasteiger charge is -2.42. The van der Waals surface area contributed by atoms with Gasteiger partial charge < -0.3 is 15.6 Å². The normalized spacial score (nSPS) is 19.1. The number of nitrogens with zero attached hydrogens (tertiary/aromatic N) is 3. The summed E-state index contributed by atoms with van der Waals surface area (Å²) in [7, 11) is 0. The summed E-state index contributed by atoms with van der Waals surface area (Å²) in [5, 5.41) is 11.8. The minimum atomic E-state index is -0.534. The average Bonchev–Trinajstić information content (AvgIpc) is 3.02. The maximum absolute atomic E-state index is 13.6. The molecule has 1 fully saturated rings. The summed E-state index contributed by atoms with van der Waals surface area (Å²) in [6.45, 7) is 7.38. The molecule has 1 atom stereocenters. The molecule has 2 aromatic heterocycles. The number of pyridine rings is 2. The summed E-state index contributed by atoms with van der Waals surface area (Å²) in [6.07, 6.45) is 12.9. The molecule has 0 spiro atoms. The molecular weight excluding hydrogens is 531 g/mol. The van der Waals surface area contributed by atoms with Gasteiger partial charge in [0.2, 0.25) is 0 Å². The van der Waals surface area contributed by atoms with Crippen LogP contribution < -0.4 is 14.9 Å². The van der Waals surface area contributed by atoms with E-state index in [2.05, 4.69) is 57.5 Å². The van der Waals surface area contributed by atoms with E-state index in [-0.39, 0.29) is 5.82 Å². The molecule has 2 aliphatic rings. The van der Waals surface area contributed by atoms with E-state index in [1.807, 2.05) is 24.4 Å². The van der Waals surface area contributed by atoms with Crippen LogP contribution in [-0.4, -0.2) is 35.8 Å². The Balaban J connectivity index is 1.55. The first-order valence-corrected chi connectivity index (χ1v) is 14.6. The Morgan fingerprint density at radius 3 is 2.54 bits per heavy atom. The third kappa shape index (κ3) is 6.60. The van der Waals surface area contributed by atoms with Crippen molar-refractivity contribution in [2.24, 2.45) is 5.41 Å². The Hall–Kier alpha value is -3.75. The van der Waals surface area contributed by atoms with Gasteiger partial charge in [0.15, 0.2) is 0 Å². The number of thiol groups is 1. The van der Waals surface area contributed by atoms with E-state index in [9.17, 15) is 4.39 Å². The molecule has 1 aliphatic heterocycles. The number of rotatable bonds is 11. The van der Waals surface area contributed by atoms with Crippen molar-refractivity contribution in [3.8, 4) is 0 Å². The number of hydrogen-bond donors (Lipinski definition) is 4. The van der Waals surface area contributed by atoms with Crippen LogP contribution in [0.25, 0.3) is 5.57 Å². The van der Waals surface area contributed by atoms with Crippen LogP contribution in [0.4, 0.5) is 15.9 Å². The molecule has 0 bridgehead atoms. The highest BCUT2D eigenvalue weighted by Gasteiger charge is 2.41. The lowest BCUT2D eigenvalue weighted by molar-refractivity contribution is 0.450. The summed E-state index contributed by atoms with van der Waals surface area (Å²) in [5.41, 5.74) is 5.89. The fourth-order valence-corrected chi connectivity index (χ4v) is 6.04. The zero-order valence-electron chi connectivity index (χ0n) is 23.2. The van der Waals surface area contributed by atoms with Gasteiger partial charge in [-0.1, -0.05) is 37.1 Å². The van der Waals surface area contributed by atoms with Gasteiger partial charge in [0.1, 0.15) is 11.6 Å². The highest BCUT2D eigenvalue weighted by Crippen LogP contribution is 2.51. The summed E-state index contributed by atoms with van der Waals surface area (Å²) in [5.74, 6) is 0.734. The Labute approximate surface area is 247 Å². The van der Waals surface area contributed by atoms with Crippen LogP contribution in [0.15, 0.2) is 96.5 Å². The standard InChI is InChI=1S/C33H37FN6S/c1-24(30-7-3-4-15-36-30)33(20-25-8-13-32(37-23-25)40-17-5-2-6-18-40)21-26(22-35)31(19-27(33)14-16-38-41)39-29-11-9-28(34)10-12-29/h3-4,7-13,15,19,22-23,35,38-39,41H,1-2,5-6,14,16-18,20-21H2. The van der Waals surface area contributed by atoms with Gasteiger partial charge in [-0.05, 0) is 104 Å². The fraction of sp³-hybridized carbons (Fsp3) is 0.303. The van der Waals surface area contributed by atoms with Gasteiger partial charge in [0, 0.05) is 55.0 Å². The number of benzene rings is 1. The predicted molar refractivity (Wildman–Crippen MR) is 170 cm³/mol. The molecule has 0 saturated carbocycles. The third-order valence-electron chi connectivity index (χ3n) is 8.12. The molecule has 3 heterocycles. The molecule has 1 saturated heterocycles. The Bertz CT molecular complexity index is 1410. The maximum Gasteiger partial charge on any atom is 0.128 e. The second-order valence-electron chi connectivity index (χ2n) is 10.7. The first-order valence-electron chi connectivity index (χ1n) is 14.2. The molecule has 0 amide bonds. The summed E-state index contributed by atoms with van der Waals surface area (Å²) >= 11 is 4.28. The van der Waals surface area contributed by atoms with Crippen LogP contribution in [0.3, 0.4) is 0 Å². The van der Waals surface area contributed by atoms with Crippen LogP contribution in [0.2, 0.25) is 0 Å². The Morgan fingerprint density at radius 2 is 1.88 bits per heavy atom. The number of anilines is 2. The smallest absolute Gasteiger partial charge is 0.128 e. The molecule has 3 N–H and O–H groups in total. The molecular formula is C33H37FN6S. The van der Waals surface area contributed by atoms with Gasteiger partial charge in [-0.15, -0.1) is 0 Å². The molecule has 8 heteroatoms. The van der Waals surface area contributed by atoms with E-state index in [0.29, 0.717) is 25.8 Å². The van der Waals surface area contributed by atoms with E-state index < -0.39 is 5.41 Å². The summed E-state index contributed by atoms with van der Waals surface area (Å²) in [6, 6.07) is 16.5. The van der Waals surface area contributed by atoms with E-state index >= 15 is 0 Å². The van der Waals surface area contributed by atoms with E-state index in [4.69, 9.17) is 10.4 Å². The zero-order chi connectivity index (χ0) is 28.7. The predicted octanol–water partition coefficient (Wildman–Crippen LogP) is 7.02. The van der Waals surface area contributed by atoms with E-state index in [1.165, 1.54) is 37.6 Å². The van der Waals surface area contributed by atoms with Gasteiger partial charge in [-0.2, -0.15) is 0 Å². The van der Waals surface area contributed by atoms with Crippen molar-refractivity contribution in [2.75, 3.05) is 29.9 Å². The van der Waals surface area contributed by atoms with Gasteiger partial charge in [0.05, 0.1) is 5.69 Å². The van der Waals surface area contributed by atoms with Crippen LogP contribution in [-0.2, 0) is 6.42 Å². The fourth-order valence-electron chi connectivity index (χ4n) is 5.92. The van der Waals surface area contributed by atoms with Crippen molar-refractivity contribution in [1.29, 1.82) is 5.41 Å². The molecule has 212 valence electrons. The van der Waals surface area contributed by atoms with Crippen LogP contribution in [0.5, 0.6) is 0 Å². The monoisotopic (exact) mass is 568 g/mol. The Morgan fingerprint density at radius 1 is 1.07 bits per heavy atom. The average molecular weight is 569 g/mol. The molecule has 5 rings (SSSR count). The van der Waals surface area contributed by atoms with Crippen molar-refractivity contribution in [3.63, 3.8) is 0 Å². The minimum absolute atomic E-state index is 0.290. The van der Waals surface area contributed by atoms with Crippen molar-refractivity contribution in [2.45, 2.75) is 38.5 Å². The number of aromatic nitrogens is 2. The van der Waals surface area contributed by atoms with Gasteiger partial charge in [-0.3, -0.25) is 9.71 Å². The first kappa shape index (κ1) is 28.8.